The molecule has 1 aromatic rings. The Morgan fingerprint density at radius 1 is 1.21 bits per heavy atom. The lowest BCUT2D eigenvalue weighted by Crippen LogP contribution is -2.49. The van der Waals surface area contributed by atoms with E-state index in [9.17, 15) is 4.79 Å². The number of aliphatic hydroxyl groups is 1. The highest BCUT2D eigenvalue weighted by molar-refractivity contribution is 6.31. The fourth-order valence-corrected chi connectivity index (χ4v) is 2.48. The van der Waals surface area contributed by atoms with Gasteiger partial charge in [0.05, 0.1) is 13.0 Å². The molecule has 1 fully saturated rings. The molecule has 1 N–H and O–H groups in total. The van der Waals surface area contributed by atoms with Crippen molar-refractivity contribution >= 4 is 17.5 Å². The van der Waals surface area contributed by atoms with Gasteiger partial charge in [-0.2, -0.15) is 0 Å². The number of amides is 1. The van der Waals surface area contributed by atoms with Crippen LogP contribution in [0.3, 0.4) is 0 Å². The van der Waals surface area contributed by atoms with Crippen LogP contribution in [0.4, 0.5) is 0 Å². The smallest absolute Gasteiger partial charge is 0.227 e. The van der Waals surface area contributed by atoms with E-state index in [-0.39, 0.29) is 12.5 Å². The zero-order chi connectivity index (χ0) is 13.7. The predicted octanol–water partition coefficient (Wildman–Crippen LogP) is 1.02. The minimum atomic E-state index is 0.122. The van der Waals surface area contributed by atoms with Gasteiger partial charge in [0.15, 0.2) is 0 Å². The average molecular weight is 283 g/mol. The highest BCUT2D eigenvalue weighted by atomic mass is 35.5. The quantitative estimate of drug-likeness (QED) is 0.897. The largest absolute Gasteiger partial charge is 0.395 e. The molecule has 104 valence electrons. The van der Waals surface area contributed by atoms with E-state index in [2.05, 4.69) is 4.90 Å². The molecule has 0 unspecified atom stereocenters. The molecule has 0 aliphatic carbocycles. The Morgan fingerprint density at radius 3 is 2.53 bits per heavy atom. The molecule has 0 radical (unpaired) electrons. The predicted molar refractivity (Wildman–Crippen MR) is 75.3 cm³/mol. The van der Waals surface area contributed by atoms with Crippen LogP contribution in [0.1, 0.15) is 5.56 Å². The number of hydrogen-bond donors (Lipinski definition) is 1. The van der Waals surface area contributed by atoms with Crippen molar-refractivity contribution in [3.05, 3.63) is 34.9 Å². The standard InChI is InChI=1S/C14H19ClN2O2/c15-13-4-2-1-3-12(13)11-14(19)17-7-5-16(6-8-17)9-10-18/h1-4,18H,5-11H2. The van der Waals surface area contributed by atoms with E-state index in [0.29, 0.717) is 18.0 Å². The molecule has 0 spiro atoms. The molecule has 0 bridgehead atoms. The molecule has 1 heterocycles. The second-order valence-corrected chi connectivity index (χ2v) is 5.12. The number of nitrogens with zero attached hydrogens (tertiary/aromatic N) is 2. The Morgan fingerprint density at radius 2 is 1.89 bits per heavy atom. The molecule has 0 atom stereocenters. The van der Waals surface area contributed by atoms with Crippen molar-refractivity contribution in [2.24, 2.45) is 0 Å². The average Bonchev–Trinajstić information content (AvgIpc) is 2.42. The van der Waals surface area contributed by atoms with Gasteiger partial charge in [-0.25, -0.2) is 0 Å². The maximum Gasteiger partial charge on any atom is 0.227 e. The first-order valence-corrected chi connectivity index (χ1v) is 6.93. The highest BCUT2D eigenvalue weighted by Gasteiger charge is 2.21. The minimum Gasteiger partial charge on any atom is -0.395 e. The van der Waals surface area contributed by atoms with E-state index < -0.39 is 0 Å². The van der Waals surface area contributed by atoms with Gasteiger partial charge in [-0.05, 0) is 11.6 Å². The van der Waals surface area contributed by atoms with Gasteiger partial charge in [-0.1, -0.05) is 29.8 Å². The van der Waals surface area contributed by atoms with Gasteiger partial charge in [-0.3, -0.25) is 9.69 Å². The Balaban J connectivity index is 1.87. The number of halogens is 1. The van der Waals surface area contributed by atoms with Crippen molar-refractivity contribution in [2.75, 3.05) is 39.3 Å². The fraction of sp³-hybridized carbons (Fsp3) is 0.500. The molecule has 1 amide bonds. The molecular weight excluding hydrogens is 264 g/mol. The van der Waals surface area contributed by atoms with Gasteiger partial charge in [-0.15, -0.1) is 0 Å². The number of benzene rings is 1. The summed E-state index contributed by atoms with van der Waals surface area (Å²) < 4.78 is 0. The molecule has 4 nitrogen and oxygen atoms in total. The summed E-state index contributed by atoms with van der Waals surface area (Å²) in [5.41, 5.74) is 0.881. The summed E-state index contributed by atoms with van der Waals surface area (Å²) >= 11 is 6.06. The van der Waals surface area contributed by atoms with Crippen molar-refractivity contribution in [1.82, 2.24) is 9.80 Å². The van der Waals surface area contributed by atoms with Crippen LogP contribution in [-0.4, -0.2) is 60.1 Å². The van der Waals surface area contributed by atoms with Crippen LogP contribution in [0.25, 0.3) is 0 Å². The fourth-order valence-electron chi connectivity index (χ4n) is 2.28. The molecule has 1 saturated heterocycles. The SMILES string of the molecule is O=C(Cc1ccccc1Cl)N1CCN(CCO)CC1. The van der Waals surface area contributed by atoms with E-state index in [0.717, 1.165) is 31.7 Å². The first kappa shape index (κ1) is 14.3. The topological polar surface area (TPSA) is 43.8 Å². The zero-order valence-electron chi connectivity index (χ0n) is 10.9. The van der Waals surface area contributed by atoms with Crippen LogP contribution in [0.2, 0.25) is 5.02 Å². The first-order valence-electron chi connectivity index (χ1n) is 6.55. The van der Waals surface area contributed by atoms with Crippen LogP contribution in [0, 0.1) is 0 Å². The van der Waals surface area contributed by atoms with Gasteiger partial charge >= 0.3 is 0 Å². The highest BCUT2D eigenvalue weighted by Crippen LogP contribution is 2.16. The Kier molecular flexibility index (Phi) is 5.19. The number of piperazine rings is 1. The zero-order valence-corrected chi connectivity index (χ0v) is 11.6. The van der Waals surface area contributed by atoms with E-state index in [4.69, 9.17) is 16.7 Å². The van der Waals surface area contributed by atoms with Crippen molar-refractivity contribution in [3.8, 4) is 0 Å². The first-order chi connectivity index (χ1) is 9.20. The van der Waals surface area contributed by atoms with Crippen LogP contribution in [0.5, 0.6) is 0 Å². The van der Waals surface area contributed by atoms with E-state index in [1.807, 2.05) is 29.2 Å². The molecule has 1 aromatic carbocycles. The van der Waals surface area contributed by atoms with Crippen LogP contribution in [-0.2, 0) is 11.2 Å². The lowest BCUT2D eigenvalue weighted by atomic mass is 10.1. The third kappa shape index (κ3) is 3.93. The van der Waals surface area contributed by atoms with Crippen LogP contribution < -0.4 is 0 Å². The van der Waals surface area contributed by atoms with Gasteiger partial charge in [0.2, 0.25) is 5.91 Å². The number of carbonyl (C=O) groups excluding carboxylic acids is 1. The molecule has 0 saturated carbocycles. The maximum absolute atomic E-state index is 12.2. The number of aliphatic hydroxyl groups excluding tert-OH is 1. The summed E-state index contributed by atoms with van der Waals surface area (Å²) in [6, 6.07) is 7.46. The van der Waals surface area contributed by atoms with E-state index in [1.54, 1.807) is 0 Å². The molecule has 1 aliphatic heterocycles. The third-order valence-corrected chi connectivity index (χ3v) is 3.81. The number of hydrogen-bond acceptors (Lipinski definition) is 3. The summed E-state index contributed by atoms with van der Waals surface area (Å²) in [7, 11) is 0. The number of β-amino-alcohol motifs (C(OH)–C–C–N with tert-alkyl or cyclic N) is 1. The minimum absolute atomic E-state index is 0.122. The van der Waals surface area contributed by atoms with Crippen molar-refractivity contribution in [2.45, 2.75) is 6.42 Å². The van der Waals surface area contributed by atoms with Gasteiger partial charge in [0, 0.05) is 37.7 Å². The monoisotopic (exact) mass is 282 g/mol. The summed E-state index contributed by atoms with van der Waals surface area (Å²) in [5, 5.41) is 9.53. The van der Waals surface area contributed by atoms with E-state index in [1.165, 1.54) is 0 Å². The van der Waals surface area contributed by atoms with Crippen molar-refractivity contribution in [3.63, 3.8) is 0 Å². The Labute approximate surface area is 118 Å². The van der Waals surface area contributed by atoms with Crippen molar-refractivity contribution < 1.29 is 9.90 Å². The lowest BCUT2D eigenvalue weighted by molar-refractivity contribution is -0.132. The second kappa shape index (κ2) is 6.89. The molecule has 5 heteroatoms. The van der Waals surface area contributed by atoms with Crippen LogP contribution >= 0.6 is 11.6 Å². The Bertz CT molecular complexity index is 431. The molecule has 19 heavy (non-hydrogen) atoms. The normalized spacial score (nSPS) is 16.6. The molecule has 0 aromatic heterocycles. The number of rotatable bonds is 4. The summed E-state index contributed by atoms with van der Waals surface area (Å²) in [4.78, 5) is 16.2. The summed E-state index contributed by atoms with van der Waals surface area (Å²) in [6.07, 6.45) is 0.361. The van der Waals surface area contributed by atoms with Crippen LogP contribution in [0.15, 0.2) is 24.3 Å². The van der Waals surface area contributed by atoms with E-state index >= 15 is 0 Å². The maximum atomic E-state index is 12.2. The molecule has 1 aliphatic rings. The number of carbonyl (C=O) groups is 1. The second-order valence-electron chi connectivity index (χ2n) is 4.71. The summed E-state index contributed by atoms with van der Waals surface area (Å²) in [5.74, 6) is 0.122. The Hall–Kier alpha value is -1.10. The third-order valence-electron chi connectivity index (χ3n) is 3.44. The summed E-state index contributed by atoms with van der Waals surface area (Å²) in [6.45, 7) is 3.97. The van der Waals surface area contributed by atoms with Crippen molar-refractivity contribution in [1.29, 1.82) is 0 Å². The molecule has 2 rings (SSSR count). The molecular formula is C14H19ClN2O2. The van der Waals surface area contributed by atoms with Gasteiger partial charge in [0.1, 0.15) is 0 Å². The lowest BCUT2D eigenvalue weighted by Gasteiger charge is -2.34. The van der Waals surface area contributed by atoms with Gasteiger partial charge < -0.3 is 10.0 Å². The van der Waals surface area contributed by atoms with Gasteiger partial charge in [0.25, 0.3) is 0 Å².